The minimum absolute atomic E-state index is 0.0135. The normalized spacial score (nSPS) is 22.0. The topological polar surface area (TPSA) is 72.3 Å². The summed E-state index contributed by atoms with van der Waals surface area (Å²) in [5.41, 5.74) is -0.268. The van der Waals surface area contributed by atoms with Crippen LogP contribution in [-0.4, -0.2) is 44.4 Å². The van der Waals surface area contributed by atoms with E-state index >= 15 is 0 Å². The molecule has 0 spiro atoms. The van der Waals surface area contributed by atoms with Gasteiger partial charge in [0.15, 0.2) is 0 Å². The van der Waals surface area contributed by atoms with E-state index in [-0.39, 0.29) is 12.1 Å². The number of nitrogens with zero attached hydrogens (tertiary/aromatic N) is 4. The predicted octanol–water partition coefficient (Wildman–Crippen LogP) is 4.26. The molecule has 2 aromatic rings. The number of carbonyl (C=O) groups is 1. The second-order valence-corrected chi connectivity index (χ2v) is 9.39. The van der Waals surface area contributed by atoms with Crippen molar-refractivity contribution in [1.29, 1.82) is 0 Å². The van der Waals surface area contributed by atoms with Gasteiger partial charge in [0.1, 0.15) is 17.8 Å². The zero-order chi connectivity index (χ0) is 21.9. The third kappa shape index (κ3) is 4.62. The number of amides is 1. The fourth-order valence-corrected chi connectivity index (χ4v) is 4.62. The number of rotatable bonds is 5. The highest BCUT2D eigenvalue weighted by Gasteiger charge is 2.49. The Bertz CT molecular complexity index is 878. The Labute approximate surface area is 183 Å². The molecular formula is C22H32ClN5O2. The molecule has 0 radical (unpaired) electrons. The van der Waals surface area contributed by atoms with Crippen LogP contribution in [0.5, 0.6) is 0 Å². The Balaban J connectivity index is 2.00. The molecule has 0 unspecified atom stereocenters. The van der Waals surface area contributed by atoms with Gasteiger partial charge in [0.2, 0.25) is 0 Å². The van der Waals surface area contributed by atoms with Crippen LogP contribution < -0.4 is 5.32 Å². The van der Waals surface area contributed by atoms with Crippen LogP contribution in [0.2, 0.25) is 5.02 Å². The molecule has 3 rings (SSSR count). The molecule has 0 bridgehead atoms. The van der Waals surface area contributed by atoms with Gasteiger partial charge >= 0.3 is 6.09 Å². The molecule has 0 saturated heterocycles. The molecule has 1 amide bonds. The van der Waals surface area contributed by atoms with Crippen molar-refractivity contribution in [2.45, 2.75) is 70.2 Å². The average Bonchev–Trinajstić information content (AvgIpc) is 3.10. The molecule has 164 valence electrons. The molecular weight excluding hydrogens is 402 g/mol. The van der Waals surface area contributed by atoms with Gasteiger partial charge in [-0.2, -0.15) is 0 Å². The number of hydrogen-bond acceptors (Lipinski definition) is 5. The number of carbonyl (C=O) groups excluding carboxylic acids is 1. The molecule has 1 N–H and O–H groups in total. The highest BCUT2D eigenvalue weighted by atomic mass is 35.5. The molecule has 30 heavy (non-hydrogen) atoms. The van der Waals surface area contributed by atoms with E-state index in [0.29, 0.717) is 11.6 Å². The van der Waals surface area contributed by atoms with E-state index in [4.69, 9.17) is 16.3 Å². The maximum atomic E-state index is 13.2. The van der Waals surface area contributed by atoms with Crippen molar-refractivity contribution in [3.8, 4) is 0 Å². The minimum Gasteiger partial charge on any atom is -0.444 e. The lowest BCUT2D eigenvalue weighted by Gasteiger charge is -2.50. The molecule has 1 fully saturated rings. The Morgan fingerprint density at radius 3 is 2.73 bits per heavy atom. The van der Waals surface area contributed by atoms with Gasteiger partial charge in [-0.1, -0.05) is 42.6 Å². The number of halogens is 1. The largest absolute Gasteiger partial charge is 0.444 e. The number of ether oxygens (including phenoxy) is 1. The van der Waals surface area contributed by atoms with Crippen molar-refractivity contribution in [1.82, 2.24) is 25.0 Å². The third-order valence-corrected chi connectivity index (χ3v) is 6.12. The quantitative estimate of drug-likeness (QED) is 0.762. The lowest BCUT2D eigenvalue weighted by atomic mass is 9.71. The van der Waals surface area contributed by atoms with Gasteiger partial charge in [0.25, 0.3) is 0 Å². The van der Waals surface area contributed by atoms with Crippen LogP contribution in [0.25, 0.3) is 0 Å². The summed E-state index contributed by atoms with van der Waals surface area (Å²) >= 11 is 6.69. The second-order valence-electron chi connectivity index (χ2n) is 8.98. The van der Waals surface area contributed by atoms with Crippen LogP contribution in [0.3, 0.4) is 0 Å². The Hall–Kier alpha value is -2.12. The number of benzene rings is 1. The van der Waals surface area contributed by atoms with Gasteiger partial charge in [0, 0.05) is 25.2 Å². The third-order valence-electron chi connectivity index (χ3n) is 5.80. The van der Waals surface area contributed by atoms with Gasteiger partial charge < -0.3 is 14.6 Å². The number of hydrogen-bond donors (Lipinski definition) is 1. The van der Waals surface area contributed by atoms with Crippen molar-refractivity contribution < 1.29 is 9.53 Å². The smallest absolute Gasteiger partial charge is 0.410 e. The molecule has 1 aromatic heterocycles. The molecule has 1 aliphatic rings. The van der Waals surface area contributed by atoms with Gasteiger partial charge in [-0.05, 0) is 45.2 Å². The first kappa shape index (κ1) is 22.6. The average molecular weight is 434 g/mol. The SMILES string of the molecule is CN(C(=O)OC(C)(C)C)[C@]1(c2ccccc2Cl)CCCC[C@@H]1NCc1nncn1C. The second kappa shape index (κ2) is 8.94. The summed E-state index contributed by atoms with van der Waals surface area (Å²) < 4.78 is 7.64. The summed E-state index contributed by atoms with van der Waals surface area (Å²) in [6, 6.07) is 7.78. The highest BCUT2D eigenvalue weighted by Crippen LogP contribution is 2.45. The molecule has 7 nitrogen and oxygen atoms in total. The number of aromatic nitrogens is 3. The van der Waals surface area contributed by atoms with Crippen molar-refractivity contribution >= 4 is 17.7 Å². The highest BCUT2D eigenvalue weighted by molar-refractivity contribution is 6.31. The van der Waals surface area contributed by atoms with E-state index in [9.17, 15) is 4.79 Å². The number of likely N-dealkylation sites (N-methyl/N-ethyl adjacent to an activating group) is 1. The predicted molar refractivity (Wildman–Crippen MR) is 117 cm³/mol. The molecule has 2 atom stereocenters. The first-order chi connectivity index (χ1) is 14.1. The molecule has 1 heterocycles. The van der Waals surface area contributed by atoms with Crippen LogP contribution >= 0.6 is 11.6 Å². The van der Waals surface area contributed by atoms with E-state index in [1.165, 1.54) is 0 Å². The van der Waals surface area contributed by atoms with Gasteiger partial charge in [-0.25, -0.2) is 4.79 Å². The molecule has 1 aliphatic carbocycles. The number of aryl methyl sites for hydroxylation is 1. The molecule has 0 aliphatic heterocycles. The lowest BCUT2D eigenvalue weighted by molar-refractivity contribution is -0.0166. The fraction of sp³-hybridized carbons (Fsp3) is 0.591. The summed E-state index contributed by atoms with van der Waals surface area (Å²) in [5, 5.41) is 12.5. The summed E-state index contributed by atoms with van der Waals surface area (Å²) in [5.74, 6) is 0.841. The maximum Gasteiger partial charge on any atom is 0.410 e. The lowest BCUT2D eigenvalue weighted by Crippen LogP contribution is -2.61. The van der Waals surface area contributed by atoms with Crippen LogP contribution in [0.15, 0.2) is 30.6 Å². The minimum atomic E-state index is -0.627. The van der Waals surface area contributed by atoms with E-state index < -0.39 is 11.1 Å². The standard InChI is InChI=1S/C22H32ClN5O2/c1-21(2,3)30-20(29)28(5)22(16-10-6-7-11-17(16)23)13-9-8-12-18(22)24-14-19-26-25-15-27(19)4/h6-7,10-11,15,18,24H,8-9,12-14H2,1-5H3/t18-,22-/m0/s1. The van der Waals surface area contributed by atoms with Crippen molar-refractivity contribution in [2.75, 3.05) is 7.05 Å². The maximum absolute atomic E-state index is 13.2. The van der Waals surface area contributed by atoms with Crippen LogP contribution in [-0.2, 0) is 23.9 Å². The molecule has 1 aromatic carbocycles. The first-order valence-electron chi connectivity index (χ1n) is 10.4. The monoisotopic (exact) mass is 433 g/mol. The van der Waals surface area contributed by atoms with E-state index in [1.54, 1.807) is 11.2 Å². The molecule has 1 saturated carbocycles. The van der Waals surface area contributed by atoms with Gasteiger partial charge in [0.05, 0.1) is 12.1 Å². The first-order valence-corrected chi connectivity index (χ1v) is 10.8. The van der Waals surface area contributed by atoms with Crippen molar-refractivity contribution in [3.63, 3.8) is 0 Å². The summed E-state index contributed by atoms with van der Waals surface area (Å²) in [4.78, 5) is 14.9. The van der Waals surface area contributed by atoms with E-state index in [2.05, 4.69) is 15.5 Å². The number of nitrogens with one attached hydrogen (secondary N) is 1. The molecule has 8 heteroatoms. The van der Waals surface area contributed by atoms with Gasteiger partial charge in [-0.3, -0.25) is 4.90 Å². The summed E-state index contributed by atoms with van der Waals surface area (Å²) in [6.07, 6.45) is 5.12. The van der Waals surface area contributed by atoms with E-state index in [1.807, 2.05) is 63.7 Å². The summed E-state index contributed by atoms with van der Waals surface area (Å²) in [6.45, 7) is 6.19. The van der Waals surface area contributed by atoms with E-state index in [0.717, 1.165) is 37.1 Å². The summed E-state index contributed by atoms with van der Waals surface area (Å²) in [7, 11) is 3.74. The van der Waals surface area contributed by atoms with Crippen LogP contribution in [0, 0.1) is 0 Å². The fourth-order valence-electron chi connectivity index (χ4n) is 4.32. The Morgan fingerprint density at radius 2 is 2.10 bits per heavy atom. The Kier molecular flexibility index (Phi) is 6.72. The Morgan fingerprint density at radius 1 is 1.37 bits per heavy atom. The zero-order valence-corrected chi connectivity index (χ0v) is 19.2. The van der Waals surface area contributed by atoms with Crippen molar-refractivity contribution in [3.05, 3.63) is 47.0 Å². The van der Waals surface area contributed by atoms with Crippen molar-refractivity contribution in [2.24, 2.45) is 7.05 Å². The van der Waals surface area contributed by atoms with Gasteiger partial charge in [-0.15, -0.1) is 10.2 Å². The van der Waals surface area contributed by atoms with Crippen LogP contribution in [0.1, 0.15) is 57.8 Å². The van der Waals surface area contributed by atoms with Crippen LogP contribution in [0.4, 0.5) is 4.79 Å². The zero-order valence-electron chi connectivity index (χ0n) is 18.5.